The zero-order chi connectivity index (χ0) is 21.6. The number of ether oxygens (including phenoxy) is 1. The molecule has 0 aliphatic heterocycles. The van der Waals surface area contributed by atoms with Gasteiger partial charge >= 0.3 is 5.69 Å². The Labute approximate surface area is 171 Å². The van der Waals surface area contributed by atoms with Crippen LogP contribution in [-0.4, -0.2) is 46.6 Å². The van der Waals surface area contributed by atoms with E-state index in [1.54, 1.807) is 14.0 Å². The maximum absolute atomic E-state index is 12.2. The van der Waals surface area contributed by atoms with Gasteiger partial charge in [-0.1, -0.05) is 32.0 Å². The lowest BCUT2D eigenvalue weighted by molar-refractivity contribution is 0.104. The first-order valence-corrected chi connectivity index (χ1v) is 9.69. The Balaban J connectivity index is 1.83. The van der Waals surface area contributed by atoms with Gasteiger partial charge in [0.2, 0.25) is 0 Å². The van der Waals surface area contributed by atoms with E-state index in [1.807, 2.05) is 30.3 Å². The van der Waals surface area contributed by atoms with Crippen molar-refractivity contribution in [1.82, 2.24) is 14.5 Å². The van der Waals surface area contributed by atoms with Gasteiger partial charge in [0, 0.05) is 33.7 Å². The number of nitrogens with zero attached hydrogens (tertiary/aromatic N) is 2. The van der Waals surface area contributed by atoms with Crippen LogP contribution in [0.15, 0.2) is 39.9 Å². The number of aliphatic hydroxyl groups excluding tert-OH is 1. The van der Waals surface area contributed by atoms with E-state index in [-0.39, 0.29) is 23.3 Å². The fourth-order valence-electron chi connectivity index (χ4n) is 2.99. The van der Waals surface area contributed by atoms with Gasteiger partial charge in [0.1, 0.15) is 24.3 Å². The molecule has 1 heterocycles. The Bertz CT molecular complexity index is 882. The van der Waals surface area contributed by atoms with Crippen molar-refractivity contribution in [2.24, 2.45) is 19.5 Å². The normalized spacial score (nSPS) is 12.6. The molecule has 0 saturated heterocycles. The van der Waals surface area contributed by atoms with E-state index in [2.05, 4.69) is 24.5 Å². The van der Waals surface area contributed by atoms with E-state index in [4.69, 9.17) is 4.74 Å². The van der Waals surface area contributed by atoms with Gasteiger partial charge in [-0.3, -0.25) is 13.9 Å². The van der Waals surface area contributed by atoms with Crippen molar-refractivity contribution in [1.29, 1.82) is 0 Å². The predicted molar refractivity (Wildman–Crippen MR) is 115 cm³/mol. The van der Waals surface area contributed by atoms with Crippen molar-refractivity contribution < 1.29 is 9.84 Å². The van der Waals surface area contributed by atoms with Gasteiger partial charge in [-0.25, -0.2) is 4.79 Å². The molecule has 8 heteroatoms. The van der Waals surface area contributed by atoms with Crippen LogP contribution in [0.2, 0.25) is 0 Å². The number of hydrogen-bond donors (Lipinski definition) is 3. The highest BCUT2D eigenvalue weighted by Crippen LogP contribution is 2.16. The molecule has 0 spiro atoms. The molecule has 1 atom stereocenters. The van der Waals surface area contributed by atoms with Crippen molar-refractivity contribution in [3.8, 4) is 5.75 Å². The van der Waals surface area contributed by atoms with Crippen LogP contribution < -0.4 is 26.6 Å². The minimum atomic E-state index is -0.626. The fraction of sp³-hybridized carbons (Fsp3) is 0.524. The molecule has 0 aliphatic carbocycles. The molecular formula is C21H32N4O4. The smallest absolute Gasteiger partial charge is 0.332 e. The van der Waals surface area contributed by atoms with Crippen molar-refractivity contribution in [3.63, 3.8) is 0 Å². The van der Waals surface area contributed by atoms with Gasteiger partial charge in [0.15, 0.2) is 0 Å². The Kier molecular flexibility index (Phi) is 7.64. The number of nitrogens with one attached hydrogen (secondary N) is 2. The number of benzene rings is 1. The van der Waals surface area contributed by atoms with Crippen LogP contribution in [-0.2, 0) is 14.1 Å². The second kappa shape index (κ2) is 9.76. The quantitative estimate of drug-likeness (QED) is 0.543. The third-order valence-electron chi connectivity index (χ3n) is 4.79. The number of para-hydroxylation sites is 1. The minimum Gasteiger partial charge on any atom is -0.491 e. The summed E-state index contributed by atoms with van der Waals surface area (Å²) in [6.07, 6.45) is -0.626. The Morgan fingerprint density at radius 2 is 1.76 bits per heavy atom. The zero-order valence-electron chi connectivity index (χ0n) is 17.9. The van der Waals surface area contributed by atoms with Crippen LogP contribution in [0.3, 0.4) is 0 Å². The van der Waals surface area contributed by atoms with E-state index in [0.29, 0.717) is 31.0 Å². The molecule has 1 aromatic heterocycles. The van der Waals surface area contributed by atoms with Gasteiger partial charge < -0.3 is 20.5 Å². The fourth-order valence-corrected chi connectivity index (χ4v) is 2.99. The maximum atomic E-state index is 12.2. The minimum absolute atomic E-state index is 0.177. The standard InChI is InChI=1S/C21H32N4O4/c1-15-18(24(4)20(28)25(5)19(15)27)23-14-21(2,3)13-22-11-16(26)12-29-17-9-7-6-8-10-17/h6-10,16,22-23,26H,11-14H2,1-5H3. The number of rotatable bonds is 10. The highest BCUT2D eigenvalue weighted by atomic mass is 16.5. The molecule has 0 aliphatic rings. The summed E-state index contributed by atoms with van der Waals surface area (Å²) < 4.78 is 8.10. The molecule has 0 bridgehead atoms. The first-order valence-electron chi connectivity index (χ1n) is 9.69. The molecule has 0 saturated carbocycles. The zero-order valence-corrected chi connectivity index (χ0v) is 17.9. The summed E-state index contributed by atoms with van der Waals surface area (Å²) in [4.78, 5) is 24.3. The second-order valence-electron chi connectivity index (χ2n) is 8.11. The van der Waals surface area contributed by atoms with E-state index >= 15 is 0 Å². The highest BCUT2D eigenvalue weighted by molar-refractivity contribution is 5.43. The lowest BCUT2D eigenvalue weighted by atomic mass is 9.93. The molecule has 2 rings (SSSR count). The maximum Gasteiger partial charge on any atom is 0.332 e. The first kappa shape index (κ1) is 22.7. The van der Waals surface area contributed by atoms with Gasteiger partial charge in [0.25, 0.3) is 5.56 Å². The van der Waals surface area contributed by atoms with Crippen molar-refractivity contribution in [2.45, 2.75) is 26.9 Å². The summed E-state index contributed by atoms with van der Waals surface area (Å²) in [6.45, 7) is 7.64. The molecule has 2 aromatic rings. The molecule has 29 heavy (non-hydrogen) atoms. The second-order valence-corrected chi connectivity index (χ2v) is 8.11. The Morgan fingerprint density at radius 3 is 2.41 bits per heavy atom. The SMILES string of the molecule is Cc1c(NCC(C)(C)CNCC(O)COc2ccccc2)n(C)c(=O)n(C)c1=O. The highest BCUT2D eigenvalue weighted by Gasteiger charge is 2.20. The summed E-state index contributed by atoms with van der Waals surface area (Å²) in [5.41, 5.74) is -0.329. The number of aliphatic hydroxyl groups is 1. The molecule has 0 amide bonds. The third kappa shape index (κ3) is 6.20. The number of anilines is 1. The number of aromatic nitrogens is 2. The molecule has 0 radical (unpaired) electrons. The van der Waals surface area contributed by atoms with Crippen molar-refractivity contribution >= 4 is 5.82 Å². The van der Waals surface area contributed by atoms with Crippen LogP contribution in [0, 0.1) is 12.3 Å². The van der Waals surface area contributed by atoms with Crippen LogP contribution in [0.5, 0.6) is 5.75 Å². The summed E-state index contributed by atoms with van der Waals surface area (Å²) in [5, 5.41) is 16.6. The van der Waals surface area contributed by atoms with E-state index in [1.165, 1.54) is 11.6 Å². The lowest BCUT2D eigenvalue weighted by Crippen LogP contribution is -2.42. The lowest BCUT2D eigenvalue weighted by Gasteiger charge is -2.27. The van der Waals surface area contributed by atoms with Crippen molar-refractivity contribution in [2.75, 3.05) is 31.6 Å². The molecular weight excluding hydrogens is 372 g/mol. The first-order chi connectivity index (χ1) is 13.6. The molecule has 8 nitrogen and oxygen atoms in total. The van der Waals surface area contributed by atoms with Crippen LogP contribution >= 0.6 is 0 Å². The number of hydrogen-bond acceptors (Lipinski definition) is 6. The van der Waals surface area contributed by atoms with E-state index in [9.17, 15) is 14.7 Å². The van der Waals surface area contributed by atoms with Gasteiger partial charge in [-0.2, -0.15) is 0 Å². The summed E-state index contributed by atoms with van der Waals surface area (Å²) in [6, 6.07) is 9.38. The van der Waals surface area contributed by atoms with E-state index < -0.39 is 6.10 Å². The topological polar surface area (TPSA) is 97.5 Å². The Morgan fingerprint density at radius 1 is 1.10 bits per heavy atom. The van der Waals surface area contributed by atoms with Crippen LogP contribution in [0.4, 0.5) is 5.82 Å². The molecule has 3 N–H and O–H groups in total. The molecule has 1 aromatic carbocycles. The molecule has 160 valence electrons. The van der Waals surface area contributed by atoms with Crippen molar-refractivity contribution in [3.05, 3.63) is 56.7 Å². The molecule has 1 unspecified atom stereocenters. The molecule has 0 fully saturated rings. The van der Waals surface area contributed by atoms with Gasteiger partial charge in [-0.05, 0) is 24.5 Å². The predicted octanol–water partition coefficient (Wildman–Crippen LogP) is 0.860. The monoisotopic (exact) mass is 404 g/mol. The van der Waals surface area contributed by atoms with Crippen LogP contribution in [0.25, 0.3) is 0 Å². The largest absolute Gasteiger partial charge is 0.491 e. The summed E-state index contributed by atoms with van der Waals surface area (Å²) in [5.74, 6) is 1.26. The summed E-state index contributed by atoms with van der Waals surface area (Å²) >= 11 is 0. The van der Waals surface area contributed by atoms with Gasteiger partial charge in [0.05, 0.1) is 5.56 Å². The van der Waals surface area contributed by atoms with E-state index in [0.717, 1.165) is 10.3 Å². The average molecular weight is 405 g/mol. The third-order valence-corrected chi connectivity index (χ3v) is 4.79. The Hall–Kier alpha value is -2.58. The average Bonchev–Trinajstić information content (AvgIpc) is 2.70. The van der Waals surface area contributed by atoms with Gasteiger partial charge in [-0.15, -0.1) is 0 Å². The van der Waals surface area contributed by atoms with Crippen LogP contribution in [0.1, 0.15) is 19.4 Å². The summed E-state index contributed by atoms with van der Waals surface area (Å²) in [7, 11) is 3.12.